The molecule has 0 amide bonds. The Kier molecular flexibility index (Phi) is 7.43. The Bertz CT molecular complexity index is 1510. The minimum Gasteiger partial charge on any atom is -0.120 e. The summed E-state index contributed by atoms with van der Waals surface area (Å²) in [6, 6.07) is 30.2. The highest BCUT2D eigenvalue weighted by Crippen LogP contribution is 2.35. The molecule has 0 spiro atoms. The molecule has 0 aromatic heterocycles. The third-order valence-electron chi connectivity index (χ3n) is 5.93. The van der Waals surface area contributed by atoms with E-state index in [-0.39, 0.29) is 0 Å². The molecular formula is C34H32. The van der Waals surface area contributed by atoms with Crippen LogP contribution in [-0.2, 0) is 0 Å². The van der Waals surface area contributed by atoms with E-state index in [0.29, 0.717) is 0 Å². The van der Waals surface area contributed by atoms with Gasteiger partial charge in [-0.15, -0.1) is 5.73 Å². The van der Waals surface area contributed by atoms with E-state index < -0.39 is 0 Å². The van der Waals surface area contributed by atoms with Crippen molar-refractivity contribution in [3.05, 3.63) is 132 Å². The largest absolute Gasteiger partial charge is 0.120 e. The molecule has 5 aromatic carbocycles. The summed E-state index contributed by atoms with van der Waals surface area (Å²) in [5.74, 6) is 0. The van der Waals surface area contributed by atoms with Gasteiger partial charge in [-0.3, -0.25) is 0 Å². The van der Waals surface area contributed by atoms with E-state index >= 15 is 0 Å². The standard InChI is InChI=1S/C17H12.C14H12.C3H8/c1-11-5-6-14-8-7-12-3-2-4-13-9-10-15(11)17(14)16(12)13;1-12-6-5-9-14(11-10-12)13-7-3-2-4-8-13;1-3-2/h2-10H,1H3;2-4,6-11H,1H3;3H2,1-2H3. The lowest BCUT2D eigenvalue weighted by molar-refractivity contribution is 1.09. The molecule has 0 radical (unpaired) electrons. The van der Waals surface area contributed by atoms with Crippen molar-refractivity contribution in [1.29, 1.82) is 0 Å². The van der Waals surface area contributed by atoms with E-state index in [1.807, 2.05) is 18.2 Å². The number of aryl methyl sites for hydroxylation is 1. The first-order valence-electron chi connectivity index (χ1n) is 12.1. The number of benzene rings is 5. The highest BCUT2D eigenvalue weighted by atomic mass is 14.1. The van der Waals surface area contributed by atoms with Gasteiger partial charge in [-0.1, -0.05) is 117 Å². The van der Waals surface area contributed by atoms with Crippen LogP contribution in [0.25, 0.3) is 37.9 Å². The Morgan fingerprint density at radius 1 is 0.588 bits per heavy atom. The van der Waals surface area contributed by atoms with Crippen molar-refractivity contribution < 1.29 is 0 Å². The number of hydrogen-bond acceptors (Lipinski definition) is 0. The molecule has 1 aliphatic rings. The van der Waals surface area contributed by atoms with Gasteiger partial charge in [0.25, 0.3) is 0 Å². The first-order valence-corrected chi connectivity index (χ1v) is 12.1. The van der Waals surface area contributed by atoms with Gasteiger partial charge in [0, 0.05) is 0 Å². The summed E-state index contributed by atoms with van der Waals surface area (Å²) >= 11 is 0. The lowest BCUT2D eigenvalue weighted by atomic mass is 9.92. The topological polar surface area (TPSA) is 0 Å². The molecule has 0 saturated carbocycles. The highest BCUT2D eigenvalue weighted by molar-refractivity contribution is 6.23. The van der Waals surface area contributed by atoms with Gasteiger partial charge >= 0.3 is 0 Å². The molecular weight excluding hydrogens is 408 g/mol. The first kappa shape index (κ1) is 23.3. The molecule has 0 nitrogen and oxygen atoms in total. The Labute approximate surface area is 203 Å². The molecule has 0 heterocycles. The van der Waals surface area contributed by atoms with Gasteiger partial charge in [-0.25, -0.2) is 0 Å². The maximum Gasteiger partial charge on any atom is -0.00241 e. The second-order valence-corrected chi connectivity index (χ2v) is 8.80. The van der Waals surface area contributed by atoms with Crippen LogP contribution in [0, 0.1) is 6.92 Å². The predicted octanol–water partition coefficient (Wildman–Crippen LogP) is 10.0. The van der Waals surface area contributed by atoms with Crippen molar-refractivity contribution >= 4 is 37.9 Å². The van der Waals surface area contributed by atoms with E-state index in [4.69, 9.17) is 0 Å². The Morgan fingerprint density at radius 3 is 1.91 bits per heavy atom. The van der Waals surface area contributed by atoms with Crippen LogP contribution in [0.1, 0.15) is 38.3 Å². The van der Waals surface area contributed by atoms with Crippen LogP contribution in [0.3, 0.4) is 0 Å². The van der Waals surface area contributed by atoms with Crippen molar-refractivity contribution in [2.75, 3.05) is 0 Å². The summed E-state index contributed by atoms with van der Waals surface area (Å²) in [6.45, 7) is 8.51. The molecule has 6 rings (SSSR count). The monoisotopic (exact) mass is 440 g/mol. The van der Waals surface area contributed by atoms with Gasteiger partial charge in [0.2, 0.25) is 0 Å². The second kappa shape index (κ2) is 10.8. The second-order valence-electron chi connectivity index (χ2n) is 8.80. The third kappa shape index (κ3) is 5.04. The predicted molar refractivity (Wildman–Crippen MR) is 152 cm³/mol. The average molecular weight is 441 g/mol. The van der Waals surface area contributed by atoms with Crippen LogP contribution in [0.2, 0.25) is 0 Å². The molecule has 5 aromatic rings. The van der Waals surface area contributed by atoms with Crippen LogP contribution < -0.4 is 0 Å². The van der Waals surface area contributed by atoms with Crippen molar-refractivity contribution in [3.63, 3.8) is 0 Å². The fraction of sp³-hybridized carbons (Fsp3) is 0.147. The SMILES string of the molecule is CC1=CC=C(c2ccccc2)C=C=C1.CCC.Cc1ccc2ccc3cccc4ccc1c2c34. The number of hydrogen-bond donors (Lipinski definition) is 0. The molecule has 0 unspecified atom stereocenters. The molecule has 0 fully saturated rings. The summed E-state index contributed by atoms with van der Waals surface area (Å²) in [5.41, 5.74) is 8.19. The van der Waals surface area contributed by atoms with Gasteiger partial charge in [0.05, 0.1) is 0 Å². The highest BCUT2D eigenvalue weighted by Gasteiger charge is 2.08. The molecule has 0 saturated heterocycles. The van der Waals surface area contributed by atoms with Crippen LogP contribution in [0.4, 0.5) is 0 Å². The van der Waals surface area contributed by atoms with Crippen LogP contribution in [-0.4, -0.2) is 0 Å². The quantitative estimate of drug-likeness (QED) is 0.180. The summed E-state index contributed by atoms with van der Waals surface area (Å²) in [6.07, 6.45) is 9.49. The third-order valence-corrected chi connectivity index (χ3v) is 5.93. The Balaban J connectivity index is 0.000000147. The van der Waals surface area contributed by atoms with Crippen molar-refractivity contribution in [2.24, 2.45) is 0 Å². The van der Waals surface area contributed by atoms with Gasteiger partial charge < -0.3 is 0 Å². The molecule has 0 atom stereocenters. The van der Waals surface area contributed by atoms with Gasteiger partial charge in [-0.2, -0.15) is 0 Å². The Hall–Kier alpha value is -3.86. The zero-order valence-corrected chi connectivity index (χ0v) is 20.6. The molecule has 1 aliphatic carbocycles. The normalized spacial score (nSPS) is 12.5. The summed E-state index contributed by atoms with van der Waals surface area (Å²) in [7, 11) is 0. The van der Waals surface area contributed by atoms with Crippen LogP contribution in [0.5, 0.6) is 0 Å². The minimum atomic E-state index is 1.21. The lowest BCUT2D eigenvalue weighted by Crippen LogP contribution is -1.85. The van der Waals surface area contributed by atoms with Crippen molar-refractivity contribution in [3.8, 4) is 0 Å². The van der Waals surface area contributed by atoms with E-state index in [1.165, 1.54) is 61.0 Å². The first-order chi connectivity index (χ1) is 16.6. The minimum absolute atomic E-state index is 1.21. The summed E-state index contributed by atoms with van der Waals surface area (Å²) in [4.78, 5) is 0. The molecule has 168 valence electrons. The lowest BCUT2D eigenvalue weighted by Gasteiger charge is -2.11. The maximum atomic E-state index is 3.16. The van der Waals surface area contributed by atoms with Crippen molar-refractivity contribution in [2.45, 2.75) is 34.1 Å². The van der Waals surface area contributed by atoms with Gasteiger partial charge in [0.1, 0.15) is 0 Å². The summed E-state index contributed by atoms with van der Waals surface area (Å²) in [5, 5.41) is 8.23. The molecule has 0 aliphatic heterocycles. The van der Waals surface area contributed by atoms with Gasteiger partial charge in [0.15, 0.2) is 0 Å². The molecule has 0 bridgehead atoms. The number of rotatable bonds is 1. The van der Waals surface area contributed by atoms with Crippen LogP contribution in [0.15, 0.2) is 121 Å². The zero-order valence-electron chi connectivity index (χ0n) is 20.6. The summed E-state index contributed by atoms with van der Waals surface area (Å²) < 4.78 is 0. The number of allylic oxidation sites excluding steroid dienone is 5. The Morgan fingerprint density at radius 2 is 1.21 bits per heavy atom. The average Bonchev–Trinajstić information content (AvgIpc) is 3.09. The van der Waals surface area contributed by atoms with E-state index in [9.17, 15) is 0 Å². The van der Waals surface area contributed by atoms with Gasteiger partial charge in [-0.05, 0) is 80.6 Å². The maximum absolute atomic E-state index is 3.16. The van der Waals surface area contributed by atoms with E-state index in [0.717, 1.165) is 0 Å². The smallest absolute Gasteiger partial charge is 0.00241 e. The van der Waals surface area contributed by atoms with E-state index in [1.54, 1.807) is 0 Å². The van der Waals surface area contributed by atoms with E-state index in [2.05, 4.69) is 124 Å². The van der Waals surface area contributed by atoms with Crippen molar-refractivity contribution in [1.82, 2.24) is 0 Å². The molecule has 34 heavy (non-hydrogen) atoms. The van der Waals surface area contributed by atoms with Crippen LogP contribution >= 0.6 is 0 Å². The molecule has 0 heteroatoms. The fourth-order valence-corrected chi connectivity index (χ4v) is 4.27. The fourth-order valence-electron chi connectivity index (χ4n) is 4.27. The molecule has 0 N–H and O–H groups in total. The zero-order chi connectivity index (χ0) is 23.9.